The number of anilines is 1. The summed E-state index contributed by atoms with van der Waals surface area (Å²) in [6, 6.07) is 3.64. The van der Waals surface area contributed by atoms with Crippen molar-refractivity contribution in [2.75, 3.05) is 5.32 Å². The van der Waals surface area contributed by atoms with E-state index in [9.17, 15) is 13.2 Å². The second kappa shape index (κ2) is 5.77. The van der Waals surface area contributed by atoms with Gasteiger partial charge in [0, 0.05) is 7.05 Å². The van der Waals surface area contributed by atoms with Crippen LogP contribution in [0.1, 0.15) is 17.0 Å². The SMILES string of the molecule is Cc1nn(C)c(CNc2c(Cl)cccc2C(F)(F)F)c1Cl. The van der Waals surface area contributed by atoms with Gasteiger partial charge in [0.05, 0.1) is 39.2 Å². The van der Waals surface area contributed by atoms with Crippen LogP contribution < -0.4 is 5.32 Å². The van der Waals surface area contributed by atoms with Gasteiger partial charge in [0.2, 0.25) is 0 Å². The fourth-order valence-electron chi connectivity index (χ4n) is 1.98. The van der Waals surface area contributed by atoms with Gasteiger partial charge in [-0.2, -0.15) is 18.3 Å². The lowest BCUT2D eigenvalue weighted by molar-refractivity contribution is -0.136. The molecule has 8 heteroatoms. The highest BCUT2D eigenvalue weighted by molar-refractivity contribution is 6.33. The van der Waals surface area contributed by atoms with E-state index in [0.29, 0.717) is 16.4 Å². The first kappa shape index (κ1) is 16.0. The maximum Gasteiger partial charge on any atom is 0.418 e. The van der Waals surface area contributed by atoms with Crippen LogP contribution in [-0.2, 0) is 19.8 Å². The van der Waals surface area contributed by atoms with Gasteiger partial charge in [0.15, 0.2) is 0 Å². The van der Waals surface area contributed by atoms with Gasteiger partial charge < -0.3 is 5.32 Å². The Labute approximate surface area is 129 Å². The molecule has 3 nitrogen and oxygen atoms in total. The number of halogens is 5. The van der Waals surface area contributed by atoms with Crippen molar-refractivity contribution in [3.63, 3.8) is 0 Å². The molecule has 0 saturated heterocycles. The van der Waals surface area contributed by atoms with Gasteiger partial charge in [0.25, 0.3) is 0 Å². The third-order valence-electron chi connectivity index (χ3n) is 3.01. The third-order valence-corrected chi connectivity index (χ3v) is 3.82. The molecule has 1 aromatic carbocycles. The number of alkyl halides is 3. The van der Waals surface area contributed by atoms with Crippen molar-refractivity contribution in [3.05, 3.63) is 45.2 Å². The smallest absolute Gasteiger partial charge is 0.378 e. The molecule has 0 atom stereocenters. The fraction of sp³-hybridized carbons (Fsp3) is 0.308. The largest absolute Gasteiger partial charge is 0.418 e. The molecule has 0 aliphatic rings. The summed E-state index contributed by atoms with van der Waals surface area (Å²) >= 11 is 11.9. The number of hydrogen-bond donors (Lipinski definition) is 1. The lowest BCUT2D eigenvalue weighted by Crippen LogP contribution is -2.12. The number of aryl methyl sites for hydroxylation is 2. The van der Waals surface area contributed by atoms with Crippen molar-refractivity contribution < 1.29 is 13.2 Å². The average Bonchev–Trinajstić information content (AvgIpc) is 2.61. The Bertz CT molecular complexity index is 665. The molecule has 0 bridgehead atoms. The van der Waals surface area contributed by atoms with Gasteiger partial charge in [-0.3, -0.25) is 4.68 Å². The minimum Gasteiger partial charge on any atom is -0.378 e. The number of nitrogens with zero attached hydrogens (tertiary/aromatic N) is 2. The summed E-state index contributed by atoms with van der Waals surface area (Å²) in [5.74, 6) is 0. The second-order valence-electron chi connectivity index (χ2n) is 4.48. The summed E-state index contributed by atoms with van der Waals surface area (Å²) in [5, 5.41) is 7.23. The Morgan fingerprint density at radius 1 is 1.29 bits per heavy atom. The van der Waals surface area contributed by atoms with Crippen molar-refractivity contribution in [1.82, 2.24) is 9.78 Å². The van der Waals surface area contributed by atoms with Crippen molar-refractivity contribution in [3.8, 4) is 0 Å². The minimum absolute atomic E-state index is 0.000150. The van der Waals surface area contributed by atoms with Gasteiger partial charge in [-0.05, 0) is 19.1 Å². The zero-order valence-electron chi connectivity index (χ0n) is 11.2. The number of benzene rings is 1. The maximum absolute atomic E-state index is 13.0. The monoisotopic (exact) mass is 337 g/mol. The van der Waals surface area contributed by atoms with Crippen LogP contribution in [0.2, 0.25) is 10.0 Å². The maximum atomic E-state index is 13.0. The molecule has 1 N–H and O–H groups in total. The van der Waals surface area contributed by atoms with Crippen molar-refractivity contribution in [2.24, 2.45) is 7.05 Å². The number of para-hydroxylation sites is 1. The van der Waals surface area contributed by atoms with Crippen molar-refractivity contribution in [2.45, 2.75) is 19.6 Å². The molecular formula is C13H12Cl2F3N3. The highest BCUT2D eigenvalue weighted by Crippen LogP contribution is 2.38. The number of hydrogen-bond acceptors (Lipinski definition) is 2. The predicted octanol–water partition coefficient (Wildman–Crippen LogP) is 4.67. The van der Waals surface area contributed by atoms with Gasteiger partial charge in [-0.25, -0.2) is 0 Å². The lowest BCUT2D eigenvalue weighted by atomic mass is 10.1. The van der Waals surface area contributed by atoms with E-state index in [-0.39, 0.29) is 17.3 Å². The topological polar surface area (TPSA) is 29.9 Å². The summed E-state index contributed by atoms with van der Waals surface area (Å²) in [6.45, 7) is 1.81. The highest BCUT2D eigenvalue weighted by atomic mass is 35.5. The molecule has 1 heterocycles. The first-order chi connectivity index (χ1) is 9.71. The number of rotatable bonds is 3. The van der Waals surface area contributed by atoms with Crippen LogP contribution in [0.25, 0.3) is 0 Å². The van der Waals surface area contributed by atoms with Crippen LogP contribution in [0.4, 0.5) is 18.9 Å². The van der Waals surface area contributed by atoms with E-state index in [0.717, 1.165) is 6.07 Å². The average molecular weight is 338 g/mol. The molecule has 0 radical (unpaired) electrons. The summed E-state index contributed by atoms with van der Waals surface area (Å²) in [4.78, 5) is 0. The van der Waals surface area contributed by atoms with E-state index >= 15 is 0 Å². The summed E-state index contributed by atoms with van der Waals surface area (Å²) in [5.41, 5.74) is 0.222. The molecule has 0 aliphatic carbocycles. The fourth-order valence-corrected chi connectivity index (χ4v) is 2.45. The van der Waals surface area contributed by atoms with Gasteiger partial charge in [-0.15, -0.1) is 0 Å². The Balaban J connectivity index is 2.32. The van der Waals surface area contributed by atoms with Gasteiger partial charge in [0.1, 0.15) is 0 Å². The zero-order chi connectivity index (χ0) is 15.8. The van der Waals surface area contributed by atoms with Crippen LogP contribution in [0, 0.1) is 6.92 Å². The molecule has 0 aliphatic heterocycles. The molecule has 0 unspecified atom stereocenters. The standard InChI is InChI=1S/C13H12Cl2F3N3/c1-7-11(15)10(21(2)20-7)6-19-12-8(13(16,17)18)4-3-5-9(12)14/h3-5,19H,6H2,1-2H3. The van der Waals surface area contributed by atoms with Crippen molar-refractivity contribution in [1.29, 1.82) is 0 Å². The quantitative estimate of drug-likeness (QED) is 0.882. The van der Waals surface area contributed by atoms with E-state index < -0.39 is 11.7 Å². The molecule has 114 valence electrons. The molecule has 2 aromatic rings. The van der Waals surface area contributed by atoms with Crippen LogP contribution in [-0.4, -0.2) is 9.78 Å². The molecule has 21 heavy (non-hydrogen) atoms. The minimum atomic E-state index is -4.49. The van der Waals surface area contributed by atoms with Crippen LogP contribution in [0.5, 0.6) is 0 Å². The Morgan fingerprint density at radius 2 is 1.95 bits per heavy atom. The van der Waals surface area contributed by atoms with E-state index in [1.165, 1.54) is 16.8 Å². The van der Waals surface area contributed by atoms with Crippen LogP contribution in [0.15, 0.2) is 18.2 Å². The van der Waals surface area contributed by atoms with Crippen LogP contribution in [0.3, 0.4) is 0 Å². The molecule has 2 rings (SSSR count). The molecular weight excluding hydrogens is 326 g/mol. The van der Waals surface area contributed by atoms with Crippen molar-refractivity contribution >= 4 is 28.9 Å². The summed E-state index contributed by atoms with van der Waals surface area (Å²) < 4.78 is 40.4. The zero-order valence-corrected chi connectivity index (χ0v) is 12.7. The molecule has 0 amide bonds. The van der Waals surface area contributed by atoms with E-state index in [4.69, 9.17) is 23.2 Å². The summed E-state index contributed by atoms with van der Waals surface area (Å²) in [6.07, 6.45) is -4.49. The summed E-state index contributed by atoms with van der Waals surface area (Å²) in [7, 11) is 1.67. The van der Waals surface area contributed by atoms with Gasteiger partial charge >= 0.3 is 6.18 Å². The predicted molar refractivity (Wildman–Crippen MR) is 76.7 cm³/mol. The van der Waals surface area contributed by atoms with E-state index in [2.05, 4.69) is 10.4 Å². The Morgan fingerprint density at radius 3 is 2.48 bits per heavy atom. The van der Waals surface area contributed by atoms with Gasteiger partial charge in [-0.1, -0.05) is 29.3 Å². The second-order valence-corrected chi connectivity index (χ2v) is 5.27. The number of aromatic nitrogens is 2. The lowest BCUT2D eigenvalue weighted by Gasteiger charge is -2.16. The van der Waals surface area contributed by atoms with Crippen LogP contribution >= 0.6 is 23.2 Å². The number of nitrogens with one attached hydrogen (secondary N) is 1. The molecule has 0 spiro atoms. The highest BCUT2D eigenvalue weighted by Gasteiger charge is 2.34. The normalized spacial score (nSPS) is 11.8. The Kier molecular flexibility index (Phi) is 4.39. The van der Waals surface area contributed by atoms with E-state index in [1.807, 2.05) is 0 Å². The molecule has 0 saturated carbocycles. The first-order valence-corrected chi connectivity index (χ1v) is 6.75. The Hall–Kier alpha value is -1.40. The first-order valence-electron chi connectivity index (χ1n) is 5.99. The molecule has 1 aromatic heterocycles. The van der Waals surface area contributed by atoms with E-state index in [1.54, 1.807) is 14.0 Å². The molecule has 0 fully saturated rings. The third kappa shape index (κ3) is 3.27.